The maximum absolute atomic E-state index is 12.1. The lowest BCUT2D eigenvalue weighted by atomic mass is 10.2. The van der Waals surface area contributed by atoms with Gasteiger partial charge < -0.3 is 14.8 Å². The monoisotopic (exact) mass is 315 g/mol. The van der Waals surface area contributed by atoms with Gasteiger partial charge in [0.1, 0.15) is 0 Å². The number of aromatic nitrogens is 1. The zero-order valence-electron chi connectivity index (χ0n) is 12.8. The molecule has 1 aromatic heterocycles. The maximum Gasteiger partial charge on any atom is 0.411 e. The van der Waals surface area contributed by atoms with Gasteiger partial charge in [-0.3, -0.25) is 10.1 Å². The highest BCUT2D eigenvalue weighted by molar-refractivity contribution is 6.04. The van der Waals surface area contributed by atoms with Crippen LogP contribution in [0.4, 0.5) is 16.2 Å². The van der Waals surface area contributed by atoms with Gasteiger partial charge in [-0.05, 0) is 37.3 Å². The van der Waals surface area contributed by atoms with Crippen molar-refractivity contribution in [3.05, 3.63) is 48.2 Å². The van der Waals surface area contributed by atoms with Crippen LogP contribution in [0.2, 0.25) is 0 Å². The van der Waals surface area contributed by atoms with Crippen molar-refractivity contribution >= 4 is 23.4 Å². The topological polar surface area (TPSA) is 89.5 Å². The summed E-state index contributed by atoms with van der Waals surface area (Å²) in [6, 6.07) is 9.81. The molecule has 23 heavy (non-hydrogen) atoms. The van der Waals surface area contributed by atoms with Crippen molar-refractivity contribution in [2.75, 3.05) is 24.4 Å². The summed E-state index contributed by atoms with van der Waals surface area (Å²) >= 11 is 0. The van der Waals surface area contributed by atoms with Crippen molar-refractivity contribution < 1.29 is 19.1 Å². The van der Waals surface area contributed by atoms with E-state index in [1.807, 2.05) is 0 Å². The van der Waals surface area contributed by atoms with Gasteiger partial charge in [-0.25, -0.2) is 9.78 Å². The van der Waals surface area contributed by atoms with Crippen LogP contribution in [0.25, 0.3) is 0 Å². The number of rotatable bonds is 5. The molecule has 2 amide bonds. The molecule has 2 aromatic rings. The summed E-state index contributed by atoms with van der Waals surface area (Å²) in [6.07, 6.45) is 0.974. The number of ether oxygens (including phenoxy) is 2. The van der Waals surface area contributed by atoms with Gasteiger partial charge in [0, 0.05) is 17.3 Å². The Hall–Kier alpha value is -3.09. The van der Waals surface area contributed by atoms with E-state index < -0.39 is 6.09 Å². The zero-order valence-corrected chi connectivity index (χ0v) is 12.8. The lowest BCUT2D eigenvalue weighted by molar-refractivity contribution is 0.102. The third kappa shape index (κ3) is 4.70. The fourth-order valence-electron chi connectivity index (χ4n) is 1.77. The van der Waals surface area contributed by atoms with Gasteiger partial charge in [-0.1, -0.05) is 0 Å². The first-order chi connectivity index (χ1) is 11.1. The Bertz CT molecular complexity index is 669. The molecule has 0 bridgehead atoms. The molecule has 0 aliphatic carbocycles. The summed E-state index contributed by atoms with van der Waals surface area (Å²) in [5.41, 5.74) is 1.56. The Balaban J connectivity index is 1.97. The molecule has 0 saturated carbocycles. The summed E-state index contributed by atoms with van der Waals surface area (Å²) in [6.45, 7) is 2.02. The van der Waals surface area contributed by atoms with Crippen LogP contribution in [0.5, 0.6) is 5.88 Å². The van der Waals surface area contributed by atoms with Crippen molar-refractivity contribution in [3.63, 3.8) is 0 Å². The number of hydrogen-bond donors (Lipinski definition) is 2. The number of amides is 2. The smallest absolute Gasteiger partial charge is 0.411 e. The van der Waals surface area contributed by atoms with E-state index in [1.54, 1.807) is 43.3 Å². The Morgan fingerprint density at radius 3 is 2.30 bits per heavy atom. The second-order valence-corrected chi connectivity index (χ2v) is 4.47. The zero-order chi connectivity index (χ0) is 16.7. The van der Waals surface area contributed by atoms with Crippen molar-refractivity contribution in [1.29, 1.82) is 0 Å². The Kier molecular flexibility index (Phi) is 5.51. The van der Waals surface area contributed by atoms with Crippen LogP contribution >= 0.6 is 0 Å². The van der Waals surface area contributed by atoms with E-state index in [-0.39, 0.29) is 5.91 Å². The van der Waals surface area contributed by atoms with E-state index in [9.17, 15) is 9.59 Å². The maximum atomic E-state index is 12.1. The molecule has 0 aliphatic rings. The van der Waals surface area contributed by atoms with Gasteiger partial charge in [0.25, 0.3) is 5.91 Å². The van der Waals surface area contributed by atoms with E-state index in [0.717, 1.165) is 0 Å². The third-order valence-electron chi connectivity index (χ3n) is 2.87. The first-order valence-electron chi connectivity index (χ1n) is 6.97. The number of hydrogen-bond acceptors (Lipinski definition) is 5. The Morgan fingerprint density at radius 1 is 1.04 bits per heavy atom. The van der Waals surface area contributed by atoms with E-state index >= 15 is 0 Å². The molecular weight excluding hydrogens is 298 g/mol. The second kappa shape index (κ2) is 7.79. The largest absolute Gasteiger partial charge is 0.481 e. The standard InChI is InChI=1S/C16H17N3O4/c1-3-23-16(21)19-12-6-4-11(5-7-12)15(20)18-13-8-9-14(22-2)17-10-13/h4-10H,3H2,1-2H3,(H,18,20)(H,19,21). The number of benzene rings is 1. The SMILES string of the molecule is CCOC(=O)Nc1ccc(C(=O)Nc2ccc(OC)nc2)cc1. The van der Waals surface area contributed by atoms with Crippen molar-refractivity contribution in [3.8, 4) is 5.88 Å². The minimum absolute atomic E-state index is 0.278. The number of nitrogens with zero attached hydrogens (tertiary/aromatic N) is 1. The van der Waals surface area contributed by atoms with Crippen LogP contribution < -0.4 is 15.4 Å². The summed E-state index contributed by atoms with van der Waals surface area (Å²) in [5, 5.41) is 5.28. The molecule has 1 aromatic carbocycles. The molecule has 0 atom stereocenters. The van der Waals surface area contributed by atoms with Gasteiger partial charge in [0.15, 0.2) is 0 Å². The molecule has 2 rings (SSSR count). The highest BCUT2D eigenvalue weighted by Gasteiger charge is 2.08. The lowest BCUT2D eigenvalue weighted by Crippen LogP contribution is -2.14. The van der Waals surface area contributed by atoms with Crippen molar-refractivity contribution in [2.45, 2.75) is 6.92 Å². The normalized spacial score (nSPS) is 9.83. The molecular formula is C16H17N3O4. The Labute approximate surface area is 133 Å². The molecule has 7 heteroatoms. The number of carbonyl (C=O) groups is 2. The highest BCUT2D eigenvalue weighted by atomic mass is 16.5. The predicted octanol–water partition coefficient (Wildman–Crippen LogP) is 2.91. The van der Waals surface area contributed by atoms with Crippen LogP contribution in [-0.4, -0.2) is 30.7 Å². The molecule has 7 nitrogen and oxygen atoms in total. The first kappa shape index (κ1) is 16.3. The van der Waals surface area contributed by atoms with Gasteiger partial charge in [0.05, 0.1) is 25.6 Å². The summed E-state index contributed by atoms with van der Waals surface area (Å²) in [5.74, 6) is 0.192. The van der Waals surface area contributed by atoms with Crippen molar-refractivity contribution in [1.82, 2.24) is 4.98 Å². The Morgan fingerprint density at radius 2 is 1.74 bits per heavy atom. The molecule has 0 saturated heterocycles. The average molecular weight is 315 g/mol. The molecule has 2 N–H and O–H groups in total. The van der Waals surface area contributed by atoms with E-state index in [0.29, 0.717) is 29.4 Å². The molecule has 0 radical (unpaired) electrons. The van der Waals surface area contributed by atoms with E-state index in [4.69, 9.17) is 9.47 Å². The lowest BCUT2D eigenvalue weighted by Gasteiger charge is -2.07. The van der Waals surface area contributed by atoms with Crippen LogP contribution in [0, 0.1) is 0 Å². The third-order valence-corrected chi connectivity index (χ3v) is 2.87. The van der Waals surface area contributed by atoms with Crippen LogP contribution in [0.3, 0.4) is 0 Å². The number of anilines is 2. The van der Waals surface area contributed by atoms with Crippen LogP contribution in [0.15, 0.2) is 42.6 Å². The molecule has 1 heterocycles. The van der Waals surface area contributed by atoms with Gasteiger partial charge >= 0.3 is 6.09 Å². The summed E-state index contributed by atoms with van der Waals surface area (Å²) < 4.78 is 9.73. The van der Waals surface area contributed by atoms with Crippen molar-refractivity contribution in [2.24, 2.45) is 0 Å². The number of nitrogens with one attached hydrogen (secondary N) is 2. The fourth-order valence-corrected chi connectivity index (χ4v) is 1.77. The number of methoxy groups -OCH3 is 1. The fraction of sp³-hybridized carbons (Fsp3) is 0.188. The molecule has 120 valence electrons. The minimum atomic E-state index is -0.533. The van der Waals surface area contributed by atoms with Gasteiger partial charge in [-0.2, -0.15) is 0 Å². The quantitative estimate of drug-likeness (QED) is 0.885. The second-order valence-electron chi connectivity index (χ2n) is 4.47. The molecule has 0 spiro atoms. The van der Waals surface area contributed by atoms with Crippen LogP contribution in [-0.2, 0) is 4.74 Å². The average Bonchev–Trinajstić information content (AvgIpc) is 2.56. The molecule has 0 fully saturated rings. The van der Waals surface area contributed by atoms with E-state index in [1.165, 1.54) is 13.3 Å². The predicted molar refractivity (Wildman–Crippen MR) is 85.8 cm³/mol. The van der Waals surface area contributed by atoms with Gasteiger partial charge in [0.2, 0.25) is 5.88 Å². The van der Waals surface area contributed by atoms with E-state index in [2.05, 4.69) is 15.6 Å². The van der Waals surface area contributed by atoms with Gasteiger partial charge in [-0.15, -0.1) is 0 Å². The molecule has 0 unspecified atom stereocenters. The number of pyridine rings is 1. The first-order valence-corrected chi connectivity index (χ1v) is 6.97. The summed E-state index contributed by atoms with van der Waals surface area (Å²) in [4.78, 5) is 27.4. The van der Waals surface area contributed by atoms with Crippen LogP contribution in [0.1, 0.15) is 17.3 Å². The number of carbonyl (C=O) groups excluding carboxylic acids is 2. The molecule has 0 aliphatic heterocycles. The highest BCUT2D eigenvalue weighted by Crippen LogP contribution is 2.14. The summed E-state index contributed by atoms with van der Waals surface area (Å²) in [7, 11) is 1.52. The minimum Gasteiger partial charge on any atom is -0.481 e.